The van der Waals surface area contributed by atoms with E-state index in [1.54, 1.807) is 12.1 Å². The van der Waals surface area contributed by atoms with Crippen LogP contribution in [0.1, 0.15) is 11.1 Å². The molecule has 2 aromatic carbocycles. The standard InChI is InChI=1S/C32H50O12S/c1-30-7-9-32(10-8-30)45(33,34)44-28-27-42-24-23-40-20-19-38-16-15-36-12-11-35-13-14-37-17-18-39-21-22-41-25-26-43-29-31-5-3-2-4-6-31/h2-10H,11-29H2,1H3. The third-order valence-corrected chi connectivity index (χ3v) is 7.19. The summed E-state index contributed by atoms with van der Waals surface area (Å²) in [6.45, 7) is 10.2. The van der Waals surface area contributed by atoms with Gasteiger partial charge in [0.2, 0.25) is 0 Å². The van der Waals surface area contributed by atoms with Crippen LogP contribution in [0.3, 0.4) is 0 Å². The topological polar surface area (TPSA) is 126 Å². The third-order valence-electron chi connectivity index (χ3n) is 5.86. The van der Waals surface area contributed by atoms with Gasteiger partial charge in [-0.2, -0.15) is 8.42 Å². The first-order valence-corrected chi connectivity index (χ1v) is 16.7. The maximum atomic E-state index is 12.1. The van der Waals surface area contributed by atoms with E-state index in [0.29, 0.717) is 112 Å². The molecule has 0 saturated carbocycles. The molecule has 0 heterocycles. The van der Waals surface area contributed by atoms with Crippen molar-refractivity contribution >= 4 is 10.1 Å². The van der Waals surface area contributed by atoms with Gasteiger partial charge in [-0.1, -0.05) is 48.0 Å². The van der Waals surface area contributed by atoms with Crippen molar-refractivity contribution < 1.29 is 55.2 Å². The van der Waals surface area contributed by atoms with Crippen LogP contribution in [0, 0.1) is 6.92 Å². The zero-order valence-corrected chi connectivity index (χ0v) is 27.3. The highest BCUT2D eigenvalue weighted by Crippen LogP contribution is 2.12. The highest BCUT2D eigenvalue weighted by molar-refractivity contribution is 7.86. The monoisotopic (exact) mass is 658 g/mol. The summed E-state index contributed by atoms with van der Waals surface area (Å²) in [6, 6.07) is 16.5. The summed E-state index contributed by atoms with van der Waals surface area (Å²) in [7, 11) is -3.77. The minimum atomic E-state index is -3.77. The highest BCUT2D eigenvalue weighted by atomic mass is 32.2. The molecular formula is C32H50O12S. The van der Waals surface area contributed by atoms with Crippen LogP contribution in [0.15, 0.2) is 59.5 Å². The van der Waals surface area contributed by atoms with E-state index in [9.17, 15) is 8.42 Å². The predicted octanol–water partition coefficient (Wildman–Crippen LogP) is 3.05. The van der Waals surface area contributed by atoms with Crippen LogP contribution in [0.5, 0.6) is 0 Å². The average molecular weight is 659 g/mol. The van der Waals surface area contributed by atoms with Crippen LogP contribution >= 0.6 is 0 Å². The fourth-order valence-electron chi connectivity index (χ4n) is 3.50. The van der Waals surface area contributed by atoms with Crippen LogP contribution in [0.25, 0.3) is 0 Å². The van der Waals surface area contributed by atoms with Gasteiger partial charge in [0.15, 0.2) is 0 Å². The zero-order chi connectivity index (χ0) is 32.1. The fraction of sp³-hybridized carbons (Fsp3) is 0.625. The van der Waals surface area contributed by atoms with E-state index >= 15 is 0 Å². The number of aryl methyl sites for hydroxylation is 1. The molecule has 0 saturated heterocycles. The van der Waals surface area contributed by atoms with Crippen molar-refractivity contribution in [3.63, 3.8) is 0 Å². The lowest BCUT2D eigenvalue weighted by molar-refractivity contribution is -0.0257. The second kappa shape index (κ2) is 27.1. The Morgan fingerprint density at radius 2 is 0.756 bits per heavy atom. The summed E-state index contributed by atoms with van der Waals surface area (Å²) in [5.74, 6) is 0. The minimum Gasteiger partial charge on any atom is -0.377 e. The quantitative estimate of drug-likeness (QED) is 0.0873. The Labute approximate surface area is 268 Å². The summed E-state index contributed by atoms with van der Waals surface area (Å²) >= 11 is 0. The first kappa shape index (κ1) is 39.2. The Morgan fingerprint density at radius 3 is 1.13 bits per heavy atom. The fourth-order valence-corrected chi connectivity index (χ4v) is 4.39. The van der Waals surface area contributed by atoms with Crippen LogP contribution in [-0.2, 0) is 63.5 Å². The highest BCUT2D eigenvalue weighted by Gasteiger charge is 2.14. The van der Waals surface area contributed by atoms with Gasteiger partial charge in [0, 0.05) is 0 Å². The lowest BCUT2D eigenvalue weighted by Gasteiger charge is -2.09. The Kier molecular flexibility index (Phi) is 23.6. The molecule has 12 nitrogen and oxygen atoms in total. The van der Waals surface area contributed by atoms with E-state index < -0.39 is 10.1 Å². The predicted molar refractivity (Wildman–Crippen MR) is 167 cm³/mol. The molecule has 256 valence electrons. The van der Waals surface area contributed by atoms with Gasteiger partial charge < -0.3 is 42.6 Å². The summed E-state index contributed by atoms with van der Waals surface area (Å²) in [5.41, 5.74) is 2.13. The summed E-state index contributed by atoms with van der Waals surface area (Å²) in [5, 5.41) is 0. The first-order chi connectivity index (χ1) is 22.1. The van der Waals surface area contributed by atoms with Crippen molar-refractivity contribution in [2.45, 2.75) is 18.4 Å². The van der Waals surface area contributed by atoms with Crippen LogP contribution in [0.4, 0.5) is 0 Å². The van der Waals surface area contributed by atoms with Crippen molar-refractivity contribution in [1.29, 1.82) is 0 Å². The summed E-state index contributed by atoms with van der Waals surface area (Å²) in [4.78, 5) is 0.130. The normalized spacial score (nSPS) is 11.8. The number of rotatable bonds is 31. The van der Waals surface area contributed by atoms with Crippen molar-refractivity contribution in [2.24, 2.45) is 0 Å². The molecular weight excluding hydrogens is 608 g/mol. The van der Waals surface area contributed by atoms with Gasteiger partial charge in [-0.3, -0.25) is 4.18 Å². The van der Waals surface area contributed by atoms with Gasteiger partial charge >= 0.3 is 0 Å². The molecule has 0 spiro atoms. The largest absolute Gasteiger partial charge is 0.377 e. The maximum Gasteiger partial charge on any atom is 0.297 e. The molecule has 0 aliphatic rings. The molecule has 0 bridgehead atoms. The van der Waals surface area contributed by atoms with Gasteiger partial charge in [-0.25, -0.2) is 0 Å². The van der Waals surface area contributed by atoms with E-state index in [2.05, 4.69) is 0 Å². The Morgan fingerprint density at radius 1 is 0.422 bits per heavy atom. The van der Waals surface area contributed by atoms with E-state index in [1.165, 1.54) is 12.1 Å². The molecule has 2 aromatic rings. The molecule has 45 heavy (non-hydrogen) atoms. The zero-order valence-electron chi connectivity index (χ0n) is 26.4. The average Bonchev–Trinajstić information content (AvgIpc) is 3.04. The van der Waals surface area contributed by atoms with Crippen molar-refractivity contribution in [3.05, 3.63) is 65.7 Å². The number of ether oxygens (including phenoxy) is 9. The lowest BCUT2D eigenvalue weighted by atomic mass is 10.2. The molecule has 2 rings (SSSR count). The maximum absolute atomic E-state index is 12.1. The van der Waals surface area contributed by atoms with E-state index in [0.717, 1.165) is 11.1 Å². The molecule has 0 amide bonds. The van der Waals surface area contributed by atoms with Gasteiger partial charge in [0.05, 0.1) is 130 Å². The molecule has 0 fully saturated rings. The Bertz CT molecular complexity index is 1040. The van der Waals surface area contributed by atoms with Gasteiger partial charge in [0.25, 0.3) is 10.1 Å². The smallest absolute Gasteiger partial charge is 0.297 e. The van der Waals surface area contributed by atoms with E-state index in [1.807, 2.05) is 37.3 Å². The molecule has 0 unspecified atom stereocenters. The number of benzene rings is 2. The van der Waals surface area contributed by atoms with E-state index in [4.69, 9.17) is 46.8 Å². The number of hydrogen-bond acceptors (Lipinski definition) is 12. The first-order valence-electron chi connectivity index (χ1n) is 15.3. The molecule has 0 radical (unpaired) electrons. The summed E-state index contributed by atoms with van der Waals surface area (Å²) < 4.78 is 78.2. The minimum absolute atomic E-state index is 0.0571. The van der Waals surface area contributed by atoms with Crippen LogP contribution in [0.2, 0.25) is 0 Å². The second-order valence-electron chi connectivity index (χ2n) is 9.53. The third kappa shape index (κ3) is 22.2. The van der Waals surface area contributed by atoms with Crippen LogP contribution < -0.4 is 0 Å². The Balaban J connectivity index is 1.19. The van der Waals surface area contributed by atoms with Gasteiger partial charge in [0.1, 0.15) is 0 Å². The molecule has 0 aliphatic carbocycles. The van der Waals surface area contributed by atoms with Crippen LogP contribution in [-0.4, -0.2) is 127 Å². The lowest BCUT2D eigenvalue weighted by Crippen LogP contribution is -2.15. The molecule has 0 aliphatic heterocycles. The van der Waals surface area contributed by atoms with Gasteiger partial charge in [-0.15, -0.1) is 0 Å². The molecule has 0 aromatic heterocycles. The van der Waals surface area contributed by atoms with E-state index in [-0.39, 0.29) is 18.1 Å². The van der Waals surface area contributed by atoms with Crippen molar-refractivity contribution in [3.8, 4) is 0 Å². The number of hydrogen-bond donors (Lipinski definition) is 0. The van der Waals surface area contributed by atoms with Gasteiger partial charge in [-0.05, 0) is 24.6 Å². The molecule has 13 heteroatoms. The molecule has 0 N–H and O–H groups in total. The summed E-state index contributed by atoms with van der Waals surface area (Å²) in [6.07, 6.45) is 0. The second-order valence-corrected chi connectivity index (χ2v) is 11.1. The SMILES string of the molecule is Cc1ccc(S(=O)(=O)OCCOCCOCCOCCOCCOCCOCCOCCOCCOCc2ccccc2)cc1. The van der Waals surface area contributed by atoms with Crippen molar-refractivity contribution in [2.75, 3.05) is 119 Å². The molecule has 0 atom stereocenters. The Hall–Kier alpha value is -2.01. The van der Waals surface area contributed by atoms with Crippen molar-refractivity contribution in [1.82, 2.24) is 0 Å².